The number of hydrogen-bond donors (Lipinski definition) is 1. The number of carbonyl (C=O) groups is 2. The molecule has 0 aromatic heterocycles. The summed E-state index contributed by atoms with van der Waals surface area (Å²) in [6, 6.07) is 16.4. The van der Waals surface area contributed by atoms with Crippen LogP contribution in [0.5, 0.6) is 5.75 Å². The van der Waals surface area contributed by atoms with Crippen molar-refractivity contribution in [3.8, 4) is 5.75 Å². The number of nitrogens with one attached hydrogen (secondary N) is 1. The molecule has 2 rings (SSSR count). The highest BCUT2D eigenvalue weighted by Gasteiger charge is 2.39. The normalized spacial score (nSPS) is 10.9. The SMILES string of the molecule is CCN(C(=O)C(C)(C)C(=O)Nc1cccc(OC)c1)c1ccccc1. The van der Waals surface area contributed by atoms with E-state index in [2.05, 4.69) is 5.32 Å². The summed E-state index contributed by atoms with van der Waals surface area (Å²) in [4.78, 5) is 27.3. The minimum atomic E-state index is -1.21. The van der Waals surface area contributed by atoms with Gasteiger partial charge in [-0.05, 0) is 45.0 Å². The van der Waals surface area contributed by atoms with Gasteiger partial charge in [0, 0.05) is 24.0 Å². The van der Waals surface area contributed by atoms with Crippen molar-refractivity contribution in [2.45, 2.75) is 20.8 Å². The van der Waals surface area contributed by atoms with Crippen molar-refractivity contribution in [1.29, 1.82) is 0 Å². The molecule has 0 radical (unpaired) electrons. The van der Waals surface area contributed by atoms with Crippen molar-refractivity contribution in [3.63, 3.8) is 0 Å². The molecule has 2 amide bonds. The van der Waals surface area contributed by atoms with Gasteiger partial charge in [-0.25, -0.2) is 0 Å². The van der Waals surface area contributed by atoms with Crippen LogP contribution in [0.4, 0.5) is 11.4 Å². The number of ether oxygens (including phenoxy) is 1. The lowest BCUT2D eigenvalue weighted by molar-refractivity contribution is -0.136. The molecule has 0 heterocycles. The summed E-state index contributed by atoms with van der Waals surface area (Å²) in [5.41, 5.74) is 0.153. The van der Waals surface area contributed by atoms with E-state index in [9.17, 15) is 9.59 Å². The summed E-state index contributed by atoms with van der Waals surface area (Å²) in [5.74, 6) is 0.0307. The molecule has 0 aliphatic heterocycles. The molecule has 132 valence electrons. The van der Waals surface area contributed by atoms with Crippen LogP contribution in [0.2, 0.25) is 0 Å². The number of carbonyl (C=O) groups excluding carboxylic acids is 2. The smallest absolute Gasteiger partial charge is 0.242 e. The number of anilines is 2. The summed E-state index contributed by atoms with van der Waals surface area (Å²) in [6.07, 6.45) is 0. The van der Waals surface area contributed by atoms with Crippen LogP contribution in [0.3, 0.4) is 0 Å². The lowest BCUT2D eigenvalue weighted by Crippen LogP contribution is -2.47. The van der Waals surface area contributed by atoms with E-state index in [0.717, 1.165) is 5.69 Å². The Kier molecular flexibility index (Phi) is 5.80. The maximum Gasteiger partial charge on any atom is 0.242 e. The van der Waals surface area contributed by atoms with Crippen LogP contribution in [0, 0.1) is 5.41 Å². The number of nitrogens with zero attached hydrogens (tertiary/aromatic N) is 1. The molecular weight excluding hydrogens is 316 g/mol. The lowest BCUT2D eigenvalue weighted by Gasteiger charge is -2.30. The fourth-order valence-corrected chi connectivity index (χ4v) is 2.47. The van der Waals surface area contributed by atoms with Gasteiger partial charge in [0.25, 0.3) is 0 Å². The first-order valence-electron chi connectivity index (χ1n) is 8.22. The molecule has 0 spiro atoms. The van der Waals surface area contributed by atoms with E-state index < -0.39 is 5.41 Å². The minimum absolute atomic E-state index is 0.249. The molecule has 0 saturated heterocycles. The van der Waals surface area contributed by atoms with E-state index in [4.69, 9.17) is 4.74 Å². The van der Waals surface area contributed by atoms with Gasteiger partial charge in [0.05, 0.1) is 7.11 Å². The molecule has 5 nitrogen and oxygen atoms in total. The average molecular weight is 340 g/mol. The van der Waals surface area contributed by atoms with Gasteiger partial charge in [-0.1, -0.05) is 24.3 Å². The zero-order valence-corrected chi connectivity index (χ0v) is 15.1. The van der Waals surface area contributed by atoms with Crippen molar-refractivity contribution in [2.75, 3.05) is 23.9 Å². The van der Waals surface area contributed by atoms with Crippen LogP contribution in [-0.2, 0) is 9.59 Å². The maximum absolute atomic E-state index is 13.0. The Morgan fingerprint density at radius 3 is 2.36 bits per heavy atom. The van der Waals surface area contributed by atoms with Gasteiger partial charge in [-0.2, -0.15) is 0 Å². The van der Waals surface area contributed by atoms with Crippen LogP contribution in [-0.4, -0.2) is 25.5 Å². The number of amides is 2. The van der Waals surface area contributed by atoms with Crippen molar-refractivity contribution in [2.24, 2.45) is 5.41 Å². The Labute approximate surface area is 148 Å². The van der Waals surface area contributed by atoms with Crippen molar-refractivity contribution in [3.05, 3.63) is 54.6 Å². The van der Waals surface area contributed by atoms with Crippen molar-refractivity contribution >= 4 is 23.2 Å². The summed E-state index contributed by atoms with van der Waals surface area (Å²) in [7, 11) is 1.56. The minimum Gasteiger partial charge on any atom is -0.497 e. The number of para-hydroxylation sites is 1. The maximum atomic E-state index is 13.0. The Hall–Kier alpha value is -2.82. The summed E-state index contributed by atoms with van der Waals surface area (Å²) in [6.45, 7) is 5.65. The standard InChI is InChI=1S/C20H24N2O3/c1-5-22(16-11-7-6-8-12-16)19(24)20(2,3)18(23)21-15-10-9-13-17(14-15)25-4/h6-14H,5H2,1-4H3,(H,21,23). The molecule has 2 aromatic carbocycles. The Morgan fingerprint density at radius 2 is 1.76 bits per heavy atom. The fourth-order valence-electron chi connectivity index (χ4n) is 2.47. The monoisotopic (exact) mass is 340 g/mol. The molecule has 0 aliphatic carbocycles. The number of rotatable bonds is 6. The Morgan fingerprint density at radius 1 is 1.08 bits per heavy atom. The van der Waals surface area contributed by atoms with Gasteiger partial charge in [-0.15, -0.1) is 0 Å². The van der Waals surface area contributed by atoms with E-state index in [1.165, 1.54) is 0 Å². The van der Waals surface area contributed by atoms with Gasteiger partial charge in [0.1, 0.15) is 11.2 Å². The molecule has 0 bridgehead atoms. The number of benzene rings is 2. The number of methoxy groups -OCH3 is 1. The van der Waals surface area contributed by atoms with Gasteiger partial charge < -0.3 is 15.0 Å². The molecule has 2 aromatic rings. The highest BCUT2D eigenvalue weighted by molar-refractivity contribution is 6.14. The quantitative estimate of drug-likeness (QED) is 0.816. The van der Waals surface area contributed by atoms with E-state index in [-0.39, 0.29) is 11.8 Å². The van der Waals surface area contributed by atoms with E-state index in [1.54, 1.807) is 50.1 Å². The van der Waals surface area contributed by atoms with Crippen molar-refractivity contribution in [1.82, 2.24) is 0 Å². The molecule has 5 heteroatoms. The molecule has 25 heavy (non-hydrogen) atoms. The second kappa shape index (κ2) is 7.83. The first-order chi connectivity index (χ1) is 11.9. The number of hydrogen-bond acceptors (Lipinski definition) is 3. The van der Waals surface area contributed by atoms with Crippen LogP contribution < -0.4 is 15.0 Å². The first kappa shape index (κ1) is 18.5. The molecular formula is C20H24N2O3. The van der Waals surface area contributed by atoms with Crippen LogP contribution in [0.1, 0.15) is 20.8 Å². The largest absolute Gasteiger partial charge is 0.497 e. The predicted octanol–water partition coefficient (Wildman–Crippen LogP) is 3.71. The zero-order chi connectivity index (χ0) is 18.4. The van der Waals surface area contributed by atoms with Gasteiger partial charge in [-0.3, -0.25) is 9.59 Å². The molecule has 0 aliphatic rings. The first-order valence-corrected chi connectivity index (χ1v) is 8.22. The fraction of sp³-hybridized carbons (Fsp3) is 0.300. The van der Waals surface area contributed by atoms with E-state index in [0.29, 0.717) is 18.0 Å². The predicted molar refractivity (Wildman–Crippen MR) is 99.9 cm³/mol. The highest BCUT2D eigenvalue weighted by atomic mass is 16.5. The topological polar surface area (TPSA) is 58.6 Å². The molecule has 0 atom stereocenters. The van der Waals surface area contributed by atoms with Crippen LogP contribution >= 0.6 is 0 Å². The Balaban J connectivity index is 2.20. The van der Waals surface area contributed by atoms with E-state index in [1.807, 2.05) is 37.3 Å². The lowest BCUT2D eigenvalue weighted by atomic mass is 9.89. The van der Waals surface area contributed by atoms with Crippen LogP contribution in [0.15, 0.2) is 54.6 Å². The average Bonchev–Trinajstić information content (AvgIpc) is 2.63. The summed E-state index contributed by atoms with van der Waals surface area (Å²) in [5, 5.41) is 2.80. The second-order valence-corrected chi connectivity index (χ2v) is 6.20. The molecule has 0 fully saturated rings. The van der Waals surface area contributed by atoms with Crippen LogP contribution in [0.25, 0.3) is 0 Å². The van der Waals surface area contributed by atoms with Gasteiger partial charge >= 0.3 is 0 Å². The third-order valence-corrected chi connectivity index (χ3v) is 4.06. The molecule has 0 unspecified atom stereocenters. The third kappa shape index (κ3) is 4.18. The van der Waals surface area contributed by atoms with Crippen molar-refractivity contribution < 1.29 is 14.3 Å². The molecule has 0 saturated carbocycles. The Bertz CT molecular complexity index is 742. The van der Waals surface area contributed by atoms with Gasteiger partial charge in [0.15, 0.2) is 0 Å². The summed E-state index contributed by atoms with van der Waals surface area (Å²) < 4.78 is 5.16. The van der Waals surface area contributed by atoms with E-state index >= 15 is 0 Å². The highest BCUT2D eigenvalue weighted by Crippen LogP contribution is 2.26. The summed E-state index contributed by atoms with van der Waals surface area (Å²) >= 11 is 0. The second-order valence-electron chi connectivity index (χ2n) is 6.20. The zero-order valence-electron chi connectivity index (χ0n) is 15.1. The third-order valence-electron chi connectivity index (χ3n) is 4.06. The van der Waals surface area contributed by atoms with Gasteiger partial charge in [0.2, 0.25) is 11.8 Å². The molecule has 1 N–H and O–H groups in total.